The number of carbonyl (C=O) groups is 1. The van der Waals surface area contributed by atoms with Crippen LogP contribution in [0.25, 0.3) is 0 Å². The molecule has 2 N–H and O–H groups in total. The molecule has 0 bridgehead atoms. The molecule has 0 spiro atoms. The number of hydrogen-bond donors (Lipinski definition) is 2. The van der Waals surface area contributed by atoms with E-state index in [0.29, 0.717) is 0 Å². The zero-order valence-corrected chi connectivity index (χ0v) is 9.52. The normalized spacial score (nSPS) is 23.2. The quantitative estimate of drug-likeness (QED) is 0.699. The van der Waals surface area contributed by atoms with E-state index in [0.717, 1.165) is 32.5 Å². The largest absolute Gasteiger partial charge is 0.355 e. The Labute approximate surface area is 86.6 Å². The highest BCUT2D eigenvalue weighted by molar-refractivity contribution is 5.78. The molecule has 1 rings (SSSR count). The summed E-state index contributed by atoms with van der Waals surface area (Å²) >= 11 is 0. The summed E-state index contributed by atoms with van der Waals surface area (Å²) in [4.78, 5) is 11.7. The molecule has 0 radical (unpaired) electrons. The van der Waals surface area contributed by atoms with Crippen LogP contribution in [0.1, 0.15) is 33.6 Å². The number of nitrogens with one attached hydrogen (secondary N) is 2. The number of hydrogen-bond acceptors (Lipinski definition) is 2. The van der Waals surface area contributed by atoms with E-state index in [9.17, 15) is 4.79 Å². The lowest BCUT2D eigenvalue weighted by atomic mass is 9.95. The predicted octanol–water partition coefficient (Wildman–Crippen LogP) is 1.15. The lowest BCUT2D eigenvalue weighted by molar-refractivity contribution is -0.125. The average molecular weight is 198 g/mol. The molecule has 0 aliphatic carbocycles. The molecule has 0 unspecified atom stereocenters. The van der Waals surface area contributed by atoms with Crippen LogP contribution in [0, 0.1) is 11.3 Å². The fourth-order valence-corrected chi connectivity index (χ4v) is 1.57. The first-order valence-electron chi connectivity index (χ1n) is 5.47. The van der Waals surface area contributed by atoms with E-state index < -0.39 is 0 Å². The van der Waals surface area contributed by atoms with Crippen LogP contribution in [0.2, 0.25) is 0 Å². The minimum atomic E-state index is 0.178. The minimum absolute atomic E-state index is 0.178. The molecule has 1 saturated heterocycles. The van der Waals surface area contributed by atoms with Crippen molar-refractivity contribution in [2.75, 3.05) is 19.6 Å². The minimum Gasteiger partial charge on any atom is -0.355 e. The van der Waals surface area contributed by atoms with Gasteiger partial charge in [0.05, 0.1) is 5.92 Å². The van der Waals surface area contributed by atoms with Crippen LogP contribution in [-0.2, 0) is 4.79 Å². The van der Waals surface area contributed by atoms with Crippen LogP contribution < -0.4 is 10.6 Å². The van der Waals surface area contributed by atoms with Crippen LogP contribution in [-0.4, -0.2) is 25.5 Å². The summed E-state index contributed by atoms with van der Waals surface area (Å²) in [5, 5.41) is 6.27. The van der Waals surface area contributed by atoms with Gasteiger partial charge in [0.25, 0.3) is 0 Å². The van der Waals surface area contributed by atoms with Crippen molar-refractivity contribution in [2.45, 2.75) is 33.6 Å². The number of rotatable bonds is 2. The molecule has 1 atom stereocenters. The maximum absolute atomic E-state index is 11.7. The summed E-state index contributed by atoms with van der Waals surface area (Å²) in [7, 11) is 0. The molecule has 0 aromatic carbocycles. The highest BCUT2D eigenvalue weighted by atomic mass is 16.1. The molecule has 0 aromatic heterocycles. The van der Waals surface area contributed by atoms with Gasteiger partial charge >= 0.3 is 0 Å². The Bertz CT molecular complexity index is 190. The first kappa shape index (κ1) is 11.5. The standard InChI is InChI=1S/C11H22N2O/c1-11(2,3)8-13-10(14)9-5-4-6-12-7-9/h9,12H,4-8H2,1-3H3,(H,13,14)/t9-/m0/s1. The van der Waals surface area contributed by atoms with E-state index in [1.54, 1.807) is 0 Å². The van der Waals surface area contributed by atoms with Gasteiger partial charge in [-0.2, -0.15) is 0 Å². The lowest BCUT2D eigenvalue weighted by Crippen LogP contribution is -2.42. The zero-order chi connectivity index (χ0) is 10.6. The Balaban J connectivity index is 2.27. The first-order valence-corrected chi connectivity index (χ1v) is 5.47. The monoisotopic (exact) mass is 198 g/mol. The van der Waals surface area contributed by atoms with Crippen LogP contribution in [0.4, 0.5) is 0 Å². The van der Waals surface area contributed by atoms with Gasteiger partial charge in [0.1, 0.15) is 0 Å². The molecule has 3 heteroatoms. The maximum Gasteiger partial charge on any atom is 0.224 e. The Morgan fingerprint density at radius 1 is 1.50 bits per heavy atom. The SMILES string of the molecule is CC(C)(C)CNC(=O)[C@H]1CCCNC1. The van der Waals surface area contributed by atoms with Gasteiger partial charge < -0.3 is 10.6 Å². The first-order chi connectivity index (χ1) is 6.49. The molecule has 3 nitrogen and oxygen atoms in total. The highest BCUT2D eigenvalue weighted by Crippen LogP contribution is 2.13. The molecule has 1 aliphatic rings. The Morgan fingerprint density at radius 2 is 2.21 bits per heavy atom. The summed E-state index contributed by atoms with van der Waals surface area (Å²) in [5.74, 6) is 0.401. The molecule has 1 amide bonds. The fourth-order valence-electron chi connectivity index (χ4n) is 1.57. The molecular formula is C11H22N2O. The van der Waals surface area contributed by atoms with E-state index in [-0.39, 0.29) is 17.2 Å². The third kappa shape index (κ3) is 4.09. The van der Waals surface area contributed by atoms with Gasteiger partial charge in [-0.3, -0.25) is 4.79 Å². The predicted molar refractivity (Wildman–Crippen MR) is 58.1 cm³/mol. The van der Waals surface area contributed by atoms with Crippen LogP contribution in [0.3, 0.4) is 0 Å². The van der Waals surface area contributed by atoms with E-state index in [1.807, 2.05) is 0 Å². The molecule has 14 heavy (non-hydrogen) atoms. The van der Waals surface area contributed by atoms with Crippen molar-refractivity contribution in [3.8, 4) is 0 Å². The van der Waals surface area contributed by atoms with Crippen molar-refractivity contribution < 1.29 is 4.79 Å². The smallest absolute Gasteiger partial charge is 0.224 e. The highest BCUT2D eigenvalue weighted by Gasteiger charge is 2.21. The fraction of sp³-hybridized carbons (Fsp3) is 0.909. The van der Waals surface area contributed by atoms with Gasteiger partial charge in [-0.05, 0) is 24.8 Å². The van der Waals surface area contributed by atoms with Crippen molar-refractivity contribution in [2.24, 2.45) is 11.3 Å². The number of piperidine rings is 1. The van der Waals surface area contributed by atoms with Gasteiger partial charge in [0.2, 0.25) is 5.91 Å². The van der Waals surface area contributed by atoms with Crippen LogP contribution in [0.15, 0.2) is 0 Å². The summed E-state index contributed by atoms with van der Waals surface area (Å²) in [5.41, 5.74) is 0.178. The van der Waals surface area contributed by atoms with Gasteiger partial charge in [-0.15, -0.1) is 0 Å². The van der Waals surface area contributed by atoms with Crippen LogP contribution >= 0.6 is 0 Å². The van der Waals surface area contributed by atoms with Crippen molar-refractivity contribution >= 4 is 5.91 Å². The van der Waals surface area contributed by atoms with Gasteiger partial charge in [-0.25, -0.2) is 0 Å². The van der Waals surface area contributed by atoms with E-state index in [4.69, 9.17) is 0 Å². The molecule has 1 heterocycles. The summed E-state index contributed by atoms with van der Waals surface area (Å²) in [6.45, 7) is 9.06. The lowest BCUT2D eigenvalue weighted by Gasteiger charge is -2.24. The summed E-state index contributed by atoms with van der Waals surface area (Å²) in [6, 6.07) is 0. The Morgan fingerprint density at radius 3 is 2.71 bits per heavy atom. The Kier molecular flexibility index (Phi) is 3.93. The zero-order valence-electron chi connectivity index (χ0n) is 9.52. The molecule has 0 saturated carbocycles. The maximum atomic E-state index is 11.7. The second-order valence-corrected chi connectivity index (χ2v) is 5.32. The van der Waals surface area contributed by atoms with Gasteiger partial charge in [0.15, 0.2) is 0 Å². The molecular weight excluding hydrogens is 176 g/mol. The summed E-state index contributed by atoms with van der Waals surface area (Å²) < 4.78 is 0. The molecule has 1 aliphatic heterocycles. The van der Waals surface area contributed by atoms with Crippen LogP contribution in [0.5, 0.6) is 0 Å². The molecule has 82 valence electrons. The molecule has 1 fully saturated rings. The third-order valence-corrected chi connectivity index (χ3v) is 2.46. The van der Waals surface area contributed by atoms with Crippen molar-refractivity contribution in [3.05, 3.63) is 0 Å². The van der Waals surface area contributed by atoms with E-state index >= 15 is 0 Å². The Hall–Kier alpha value is -0.570. The van der Waals surface area contributed by atoms with Crippen molar-refractivity contribution in [1.29, 1.82) is 0 Å². The van der Waals surface area contributed by atoms with Crippen molar-refractivity contribution in [1.82, 2.24) is 10.6 Å². The van der Waals surface area contributed by atoms with E-state index in [1.165, 1.54) is 0 Å². The number of amides is 1. The third-order valence-electron chi connectivity index (χ3n) is 2.46. The van der Waals surface area contributed by atoms with Gasteiger partial charge in [-0.1, -0.05) is 20.8 Å². The topological polar surface area (TPSA) is 41.1 Å². The second-order valence-electron chi connectivity index (χ2n) is 5.32. The average Bonchev–Trinajstić information content (AvgIpc) is 2.14. The van der Waals surface area contributed by atoms with Crippen molar-refractivity contribution in [3.63, 3.8) is 0 Å². The van der Waals surface area contributed by atoms with Gasteiger partial charge in [0, 0.05) is 13.1 Å². The summed E-state index contributed by atoms with van der Waals surface area (Å²) in [6.07, 6.45) is 2.15. The number of carbonyl (C=O) groups excluding carboxylic acids is 1. The van der Waals surface area contributed by atoms with E-state index in [2.05, 4.69) is 31.4 Å². The molecule has 0 aromatic rings. The second kappa shape index (κ2) is 4.78.